The van der Waals surface area contributed by atoms with Gasteiger partial charge in [-0.2, -0.15) is 0 Å². The zero-order valence-corrected chi connectivity index (χ0v) is 13.1. The molecule has 0 spiro atoms. The minimum absolute atomic E-state index is 0.186. The third kappa shape index (κ3) is 4.13. The van der Waals surface area contributed by atoms with Gasteiger partial charge in [0.1, 0.15) is 11.7 Å². The van der Waals surface area contributed by atoms with E-state index in [2.05, 4.69) is 0 Å². The van der Waals surface area contributed by atoms with Crippen LogP contribution in [-0.2, 0) is 19.7 Å². The van der Waals surface area contributed by atoms with Gasteiger partial charge in [-0.25, -0.2) is 4.39 Å². The van der Waals surface area contributed by atoms with Crippen molar-refractivity contribution in [2.75, 3.05) is 6.61 Å². The number of hydrogen-bond donors (Lipinski definition) is 0. The second-order valence-electron chi connectivity index (χ2n) is 5.59. The second kappa shape index (κ2) is 7.34. The first-order valence-electron chi connectivity index (χ1n) is 7.31. The van der Waals surface area contributed by atoms with Gasteiger partial charge in [0.2, 0.25) is 0 Å². The van der Waals surface area contributed by atoms with Crippen molar-refractivity contribution in [3.63, 3.8) is 0 Å². The van der Waals surface area contributed by atoms with Crippen molar-refractivity contribution in [2.45, 2.75) is 46.0 Å². The zero-order valence-electron chi connectivity index (χ0n) is 13.1. The van der Waals surface area contributed by atoms with Gasteiger partial charge in [-0.15, -0.1) is 0 Å². The molecule has 1 rings (SSSR count). The lowest BCUT2D eigenvalue weighted by Gasteiger charge is -2.27. The van der Waals surface area contributed by atoms with E-state index in [9.17, 15) is 14.0 Å². The van der Waals surface area contributed by atoms with Crippen LogP contribution in [0.3, 0.4) is 0 Å². The van der Waals surface area contributed by atoms with E-state index in [1.807, 2.05) is 6.92 Å². The van der Waals surface area contributed by atoms with Crippen LogP contribution in [0.15, 0.2) is 24.3 Å². The van der Waals surface area contributed by atoms with E-state index in [1.54, 1.807) is 32.9 Å². The van der Waals surface area contributed by atoms with E-state index >= 15 is 0 Å². The minimum Gasteiger partial charge on any atom is -0.465 e. The van der Waals surface area contributed by atoms with Crippen molar-refractivity contribution in [2.24, 2.45) is 5.92 Å². The van der Waals surface area contributed by atoms with Gasteiger partial charge in [0, 0.05) is 5.41 Å². The van der Waals surface area contributed by atoms with Gasteiger partial charge >= 0.3 is 5.97 Å². The Labute approximate surface area is 125 Å². The molecule has 1 aromatic rings. The number of hydrogen-bond acceptors (Lipinski definition) is 3. The van der Waals surface area contributed by atoms with E-state index in [-0.39, 0.29) is 18.2 Å². The summed E-state index contributed by atoms with van der Waals surface area (Å²) in [6, 6.07) is 5.82. The molecule has 1 aromatic carbocycles. The van der Waals surface area contributed by atoms with E-state index in [0.29, 0.717) is 18.4 Å². The summed E-state index contributed by atoms with van der Waals surface area (Å²) in [4.78, 5) is 24.8. The summed E-state index contributed by atoms with van der Waals surface area (Å²) in [6.07, 6.45) is 1.18. The normalized spacial score (nSPS) is 12.8. The highest BCUT2D eigenvalue weighted by Gasteiger charge is 2.39. The monoisotopic (exact) mass is 294 g/mol. The van der Waals surface area contributed by atoms with Crippen LogP contribution >= 0.6 is 0 Å². The van der Waals surface area contributed by atoms with Crippen LogP contribution in [0.5, 0.6) is 0 Å². The topological polar surface area (TPSA) is 43.4 Å². The Morgan fingerprint density at radius 1 is 1.19 bits per heavy atom. The van der Waals surface area contributed by atoms with Gasteiger partial charge in [0.15, 0.2) is 5.78 Å². The molecular formula is C17H23FO3. The molecule has 1 unspecified atom stereocenters. The molecule has 1 atom stereocenters. The van der Waals surface area contributed by atoms with Crippen LogP contribution in [-0.4, -0.2) is 18.4 Å². The summed E-state index contributed by atoms with van der Waals surface area (Å²) in [5.41, 5.74) is -0.167. The molecule has 0 radical (unpaired) electrons. The highest BCUT2D eigenvalue weighted by atomic mass is 19.1. The first-order valence-corrected chi connectivity index (χ1v) is 7.31. The Morgan fingerprint density at radius 3 is 2.24 bits per heavy atom. The Balaban J connectivity index is 3.05. The highest BCUT2D eigenvalue weighted by Crippen LogP contribution is 2.29. The minimum atomic E-state index is -0.861. The number of rotatable bonds is 7. The summed E-state index contributed by atoms with van der Waals surface area (Å²) < 4.78 is 18.0. The maximum Gasteiger partial charge on any atom is 0.316 e. The zero-order chi connectivity index (χ0) is 16.0. The number of esters is 1. The van der Waals surface area contributed by atoms with Crippen LogP contribution in [0.25, 0.3) is 0 Å². The average molecular weight is 294 g/mol. The van der Waals surface area contributed by atoms with Gasteiger partial charge in [-0.3, -0.25) is 9.59 Å². The molecule has 0 bridgehead atoms. The summed E-state index contributed by atoms with van der Waals surface area (Å²) in [5.74, 6) is -1.78. The third-order valence-corrected chi connectivity index (χ3v) is 3.65. The summed E-state index contributed by atoms with van der Waals surface area (Å²) >= 11 is 0. The molecule has 0 heterocycles. The molecule has 0 aliphatic heterocycles. The number of benzene rings is 1. The molecule has 0 saturated carbocycles. The van der Waals surface area contributed by atoms with Crippen LogP contribution in [0.4, 0.5) is 4.39 Å². The number of carbonyl (C=O) groups excluding carboxylic acids is 2. The Bertz CT molecular complexity index is 491. The predicted molar refractivity (Wildman–Crippen MR) is 79.5 cm³/mol. The van der Waals surface area contributed by atoms with Crippen molar-refractivity contribution >= 4 is 11.8 Å². The van der Waals surface area contributed by atoms with E-state index in [0.717, 1.165) is 0 Å². The van der Waals surface area contributed by atoms with Crippen LogP contribution in [0.2, 0.25) is 0 Å². The van der Waals surface area contributed by atoms with Crippen molar-refractivity contribution in [1.29, 1.82) is 0 Å². The SMILES string of the molecule is CCCC(C(=O)OCC)C(=O)C(C)(C)c1ccc(F)cc1. The molecule has 21 heavy (non-hydrogen) atoms. The molecule has 0 aliphatic rings. The number of ether oxygens (including phenoxy) is 1. The van der Waals surface area contributed by atoms with Gasteiger partial charge in [0.25, 0.3) is 0 Å². The number of ketones is 1. The molecule has 0 saturated heterocycles. The van der Waals surface area contributed by atoms with Crippen molar-refractivity contribution in [3.8, 4) is 0 Å². The lowest BCUT2D eigenvalue weighted by Crippen LogP contribution is -2.39. The maximum atomic E-state index is 13.0. The smallest absolute Gasteiger partial charge is 0.316 e. The number of carbonyl (C=O) groups is 2. The maximum absolute atomic E-state index is 13.0. The van der Waals surface area contributed by atoms with Crippen molar-refractivity contribution in [3.05, 3.63) is 35.6 Å². The van der Waals surface area contributed by atoms with Crippen molar-refractivity contribution < 1.29 is 18.7 Å². The van der Waals surface area contributed by atoms with E-state index < -0.39 is 17.3 Å². The molecule has 116 valence electrons. The molecule has 3 nitrogen and oxygen atoms in total. The second-order valence-corrected chi connectivity index (χ2v) is 5.59. The highest BCUT2D eigenvalue weighted by molar-refractivity contribution is 6.04. The van der Waals surface area contributed by atoms with Crippen molar-refractivity contribution in [1.82, 2.24) is 0 Å². The van der Waals surface area contributed by atoms with Crippen LogP contribution in [0, 0.1) is 11.7 Å². The fraction of sp³-hybridized carbons (Fsp3) is 0.529. The first-order chi connectivity index (χ1) is 9.84. The molecule has 0 fully saturated rings. The largest absolute Gasteiger partial charge is 0.465 e. The summed E-state index contributed by atoms with van der Waals surface area (Å²) in [6.45, 7) is 7.40. The fourth-order valence-corrected chi connectivity index (χ4v) is 2.33. The van der Waals surface area contributed by atoms with E-state index in [1.165, 1.54) is 12.1 Å². The molecule has 0 aliphatic carbocycles. The Kier molecular flexibility index (Phi) is 6.06. The van der Waals surface area contributed by atoms with Crippen LogP contribution in [0.1, 0.15) is 46.1 Å². The molecule has 0 amide bonds. The fourth-order valence-electron chi connectivity index (χ4n) is 2.33. The Morgan fingerprint density at radius 2 is 1.76 bits per heavy atom. The lowest BCUT2D eigenvalue weighted by atomic mass is 9.74. The first kappa shape index (κ1) is 17.3. The van der Waals surface area contributed by atoms with E-state index in [4.69, 9.17) is 4.74 Å². The molecular weight excluding hydrogens is 271 g/mol. The Hall–Kier alpha value is -1.71. The predicted octanol–water partition coefficient (Wildman–Crippen LogP) is 3.65. The van der Waals surface area contributed by atoms with Crippen LogP contribution < -0.4 is 0 Å². The van der Waals surface area contributed by atoms with Gasteiger partial charge in [-0.1, -0.05) is 25.5 Å². The molecule has 4 heteroatoms. The standard InChI is InChI=1S/C17H23FO3/c1-5-7-14(16(20)21-6-2)15(19)17(3,4)12-8-10-13(18)11-9-12/h8-11,14H,5-7H2,1-4H3. The van der Waals surface area contributed by atoms with Gasteiger partial charge in [0.05, 0.1) is 6.61 Å². The third-order valence-electron chi connectivity index (χ3n) is 3.65. The summed E-state index contributed by atoms with van der Waals surface area (Å²) in [7, 11) is 0. The summed E-state index contributed by atoms with van der Waals surface area (Å²) in [5, 5.41) is 0. The lowest BCUT2D eigenvalue weighted by molar-refractivity contribution is -0.153. The van der Waals surface area contributed by atoms with Gasteiger partial charge < -0.3 is 4.74 Å². The molecule has 0 N–H and O–H groups in total. The average Bonchev–Trinajstić information content (AvgIpc) is 2.44. The molecule has 0 aromatic heterocycles. The quantitative estimate of drug-likeness (QED) is 0.569. The number of Topliss-reactive ketones (excluding diaryl/α,β-unsaturated/α-hetero) is 1. The number of halogens is 1. The van der Waals surface area contributed by atoms with Gasteiger partial charge in [-0.05, 0) is 44.9 Å².